The number of hydrogen-bond donors (Lipinski definition) is 1. The zero-order chi connectivity index (χ0) is 22.8. The second-order valence-electron chi connectivity index (χ2n) is 7.35. The molecule has 2 aromatic heterocycles. The van der Waals surface area contributed by atoms with E-state index in [1.54, 1.807) is 6.07 Å². The number of benzene rings is 3. The van der Waals surface area contributed by atoms with E-state index in [9.17, 15) is 4.79 Å². The van der Waals surface area contributed by atoms with Crippen LogP contribution in [0.2, 0.25) is 0 Å². The van der Waals surface area contributed by atoms with E-state index in [4.69, 9.17) is 15.4 Å². The van der Waals surface area contributed by atoms with Crippen LogP contribution in [0, 0.1) is 11.3 Å². The molecule has 0 fully saturated rings. The number of nitrogens with zero attached hydrogens (tertiary/aromatic N) is 3. The minimum Gasteiger partial charge on any atom is -0.477 e. The van der Waals surface area contributed by atoms with E-state index in [-0.39, 0.29) is 5.57 Å². The van der Waals surface area contributed by atoms with Crippen molar-refractivity contribution in [2.75, 3.05) is 0 Å². The van der Waals surface area contributed by atoms with Gasteiger partial charge in [0.1, 0.15) is 17.5 Å². The molecule has 0 amide bonds. The second kappa shape index (κ2) is 8.58. The maximum Gasteiger partial charge on any atom is 0.346 e. The highest BCUT2D eigenvalue weighted by Gasteiger charge is 2.14. The summed E-state index contributed by atoms with van der Waals surface area (Å²) in [6.45, 7) is 0. The molecule has 5 aromatic rings. The number of carboxylic acid groups (broad SMARTS) is 1. The highest BCUT2D eigenvalue weighted by Crippen LogP contribution is 2.33. The molecule has 0 aliphatic heterocycles. The van der Waals surface area contributed by atoms with Gasteiger partial charge in [-0.2, -0.15) is 5.26 Å². The summed E-state index contributed by atoms with van der Waals surface area (Å²) in [6.07, 6.45) is 1.40. The Labute approximate surface area is 194 Å². The van der Waals surface area contributed by atoms with E-state index in [0.29, 0.717) is 0 Å². The van der Waals surface area contributed by atoms with Gasteiger partial charge in [0.05, 0.1) is 11.0 Å². The number of nitriles is 1. The number of thiophene rings is 1. The molecule has 0 atom stereocenters. The molecule has 3 aromatic carbocycles. The summed E-state index contributed by atoms with van der Waals surface area (Å²) in [7, 11) is 0. The van der Waals surface area contributed by atoms with E-state index in [2.05, 4.69) is 22.8 Å². The number of rotatable bonds is 5. The van der Waals surface area contributed by atoms with Crippen molar-refractivity contribution in [1.29, 1.82) is 5.26 Å². The van der Waals surface area contributed by atoms with Gasteiger partial charge in [-0.1, -0.05) is 54.6 Å². The fourth-order valence-electron chi connectivity index (χ4n) is 3.71. The lowest BCUT2D eigenvalue weighted by Crippen LogP contribution is -1.97. The maximum atomic E-state index is 11.1. The topological polar surface area (TPSA) is 78.9 Å². The van der Waals surface area contributed by atoms with E-state index in [0.717, 1.165) is 43.4 Å². The SMILES string of the molecule is N#C/C(=C\c1ccc(-c2ccc(-c3nc4ccccc4n3-c3ccccc3)cc2)s1)C(=O)O. The monoisotopic (exact) mass is 447 g/mol. The number of para-hydroxylation sites is 3. The molecule has 0 unspecified atom stereocenters. The van der Waals surface area contributed by atoms with Gasteiger partial charge < -0.3 is 5.11 Å². The number of imidazole rings is 1. The van der Waals surface area contributed by atoms with Crippen LogP contribution in [-0.4, -0.2) is 20.6 Å². The van der Waals surface area contributed by atoms with Gasteiger partial charge in [-0.15, -0.1) is 11.3 Å². The third-order valence-corrected chi connectivity index (χ3v) is 6.35. The van der Waals surface area contributed by atoms with Crippen LogP contribution < -0.4 is 0 Å². The molecule has 158 valence electrons. The van der Waals surface area contributed by atoms with Gasteiger partial charge >= 0.3 is 5.97 Å². The third kappa shape index (κ3) is 3.93. The molecule has 0 aliphatic rings. The van der Waals surface area contributed by atoms with Gasteiger partial charge in [0.2, 0.25) is 0 Å². The summed E-state index contributed by atoms with van der Waals surface area (Å²) in [4.78, 5) is 17.7. The average Bonchev–Trinajstić information content (AvgIpc) is 3.48. The molecule has 2 heterocycles. The highest BCUT2D eigenvalue weighted by molar-refractivity contribution is 7.16. The van der Waals surface area contributed by atoms with Crippen molar-refractivity contribution in [2.24, 2.45) is 0 Å². The largest absolute Gasteiger partial charge is 0.477 e. The number of aliphatic carboxylic acids is 1. The first-order valence-electron chi connectivity index (χ1n) is 10.2. The van der Waals surface area contributed by atoms with Crippen molar-refractivity contribution >= 4 is 34.4 Å². The molecule has 5 rings (SSSR count). The Morgan fingerprint density at radius 3 is 2.33 bits per heavy atom. The average molecular weight is 448 g/mol. The number of fused-ring (bicyclic) bond motifs is 1. The van der Waals surface area contributed by atoms with Gasteiger partial charge in [-0.05, 0) is 48.0 Å². The molecule has 0 radical (unpaired) electrons. The number of hydrogen-bond acceptors (Lipinski definition) is 4. The van der Waals surface area contributed by atoms with Crippen LogP contribution >= 0.6 is 11.3 Å². The Morgan fingerprint density at radius 1 is 0.909 bits per heavy atom. The van der Waals surface area contributed by atoms with Crippen molar-refractivity contribution in [3.05, 3.63) is 101 Å². The van der Waals surface area contributed by atoms with Gasteiger partial charge in [0, 0.05) is 21.0 Å². The van der Waals surface area contributed by atoms with Gasteiger partial charge in [0.25, 0.3) is 0 Å². The lowest BCUT2D eigenvalue weighted by Gasteiger charge is -2.10. The summed E-state index contributed by atoms with van der Waals surface area (Å²) in [5.41, 5.74) is 4.75. The van der Waals surface area contributed by atoms with E-state index < -0.39 is 5.97 Å². The summed E-state index contributed by atoms with van der Waals surface area (Å²) in [6, 6.07) is 31.9. The first kappa shape index (κ1) is 20.4. The number of carboxylic acids is 1. The molecular weight excluding hydrogens is 430 g/mol. The molecule has 0 aliphatic carbocycles. The minimum absolute atomic E-state index is 0.279. The predicted octanol–water partition coefficient (Wildman–Crippen LogP) is 6.41. The molecule has 0 spiro atoms. The number of carbonyl (C=O) groups is 1. The lowest BCUT2D eigenvalue weighted by atomic mass is 10.1. The van der Waals surface area contributed by atoms with Crippen molar-refractivity contribution in [1.82, 2.24) is 9.55 Å². The van der Waals surface area contributed by atoms with Crippen molar-refractivity contribution in [2.45, 2.75) is 0 Å². The molecule has 6 heteroatoms. The minimum atomic E-state index is -1.22. The summed E-state index contributed by atoms with van der Waals surface area (Å²) in [5.74, 6) is -0.359. The standard InChI is InChI=1S/C27H17N3O2S/c28-17-20(27(31)32)16-22-14-15-25(33-22)18-10-12-19(13-11-18)26-29-23-8-4-5-9-24(23)30(26)21-6-2-1-3-7-21/h1-16H,(H,31,32)/b20-16+. The van der Waals surface area contributed by atoms with Gasteiger partial charge in [-0.25, -0.2) is 9.78 Å². The molecule has 1 N–H and O–H groups in total. The fourth-order valence-corrected chi connectivity index (χ4v) is 4.67. The van der Waals surface area contributed by atoms with Crippen LogP contribution in [0.3, 0.4) is 0 Å². The Bertz CT molecular complexity index is 1540. The van der Waals surface area contributed by atoms with Crippen LogP contribution in [0.4, 0.5) is 0 Å². The summed E-state index contributed by atoms with van der Waals surface area (Å²) >= 11 is 1.44. The molecule has 0 bridgehead atoms. The van der Waals surface area contributed by atoms with E-state index in [1.807, 2.05) is 72.8 Å². The molecule has 33 heavy (non-hydrogen) atoms. The van der Waals surface area contributed by atoms with E-state index >= 15 is 0 Å². The van der Waals surface area contributed by atoms with Gasteiger partial charge in [0.15, 0.2) is 0 Å². The van der Waals surface area contributed by atoms with Crippen LogP contribution in [0.1, 0.15) is 4.88 Å². The highest BCUT2D eigenvalue weighted by atomic mass is 32.1. The summed E-state index contributed by atoms with van der Waals surface area (Å²) < 4.78 is 2.16. The van der Waals surface area contributed by atoms with Crippen LogP contribution in [0.25, 0.3) is 44.6 Å². The fraction of sp³-hybridized carbons (Fsp3) is 0. The Kier molecular flexibility index (Phi) is 5.31. The van der Waals surface area contributed by atoms with Gasteiger partial charge in [-0.3, -0.25) is 4.57 Å². The first-order valence-corrected chi connectivity index (χ1v) is 11.0. The van der Waals surface area contributed by atoms with Crippen LogP contribution in [0.15, 0.2) is 96.6 Å². The van der Waals surface area contributed by atoms with Crippen molar-refractivity contribution in [3.63, 3.8) is 0 Å². The van der Waals surface area contributed by atoms with E-state index in [1.165, 1.54) is 17.4 Å². The second-order valence-corrected chi connectivity index (χ2v) is 8.46. The number of aromatic nitrogens is 2. The zero-order valence-corrected chi connectivity index (χ0v) is 18.2. The maximum absolute atomic E-state index is 11.1. The third-order valence-electron chi connectivity index (χ3n) is 5.27. The van der Waals surface area contributed by atoms with Crippen LogP contribution in [0.5, 0.6) is 0 Å². The summed E-state index contributed by atoms with van der Waals surface area (Å²) in [5, 5.41) is 18.0. The zero-order valence-electron chi connectivity index (χ0n) is 17.3. The molecule has 0 saturated heterocycles. The lowest BCUT2D eigenvalue weighted by molar-refractivity contribution is -0.132. The van der Waals surface area contributed by atoms with Crippen LogP contribution in [-0.2, 0) is 4.79 Å². The van der Waals surface area contributed by atoms with Crippen molar-refractivity contribution < 1.29 is 9.90 Å². The molecule has 0 saturated carbocycles. The first-order chi connectivity index (χ1) is 16.1. The predicted molar refractivity (Wildman–Crippen MR) is 131 cm³/mol. The normalized spacial score (nSPS) is 11.4. The molecule has 5 nitrogen and oxygen atoms in total. The Balaban J connectivity index is 1.53. The Hall–Kier alpha value is -4.47. The molecular formula is C27H17N3O2S. The quantitative estimate of drug-likeness (QED) is 0.249. The van der Waals surface area contributed by atoms with Crippen molar-refractivity contribution in [3.8, 4) is 33.6 Å². The Morgan fingerprint density at radius 2 is 1.61 bits per heavy atom. The smallest absolute Gasteiger partial charge is 0.346 e.